The molecule has 134 valence electrons. The quantitative estimate of drug-likeness (QED) is 0.643. The maximum atomic E-state index is 12.4. The van der Waals surface area contributed by atoms with E-state index in [1.165, 1.54) is 12.8 Å². The summed E-state index contributed by atoms with van der Waals surface area (Å²) in [5, 5.41) is 3.95. The number of halogens is 1. The summed E-state index contributed by atoms with van der Waals surface area (Å²) < 4.78 is 6.91. The Morgan fingerprint density at radius 2 is 2.08 bits per heavy atom. The van der Waals surface area contributed by atoms with Gasteiger partial charge in [-0.05, 0) is 61.6 Å². The number of carbonyl (C=O) groups excluding carboxylic acids is 1. The van der Waals surface area contributed by atoms with Crippen LogP contribution in [0.3, 0.4) is 0 Å². The van der Waals surface area contributed by atoms with Crippen molar-refractivity contribution in [2.75, 3.05) is 0 Å². The molecular formula is C20H20BrN3O2. The Balaban J connectivity index is 1.40. The molecule has 0 bridgehead atoms. The molecule has 0 aliphatic heterocycles. The summed E-state index contributed by atoms with van der Waals surface area (Å²) in [5.74, 6) is 0.506. The number of nitrogens with one attached hydrogen (secondary N) is 2. The first-order valence-corrected chi connectivity index (χ1v) is 9.65. The molecule has 1 aromatic carbocycles. The number of carbonyl (C=O) groups is 1. The van der Waals surface area contributed by atoms with Gasteiger partial charge in [-0.1, -0.05) is 15.9 Å². The van der Waals surface area contributed by atoms with Crippen LogP contribution in [0.5, 0.6) is 5.88 Å². The lowest BCUT2D eigenvalue weighted by Crippen LogP contribution is -2.23. The highest BCUT2D eigenvalue weighted by atomic mass is 79.9. The molecule has 6 heteroatoms. The van der Waals surface area contributed by atoms with Crippen molar-refractivity contribution in [1.82, 2.24) is 15.3 Å². The summed E-state index contributed by atoms with van der Waals surface area (Å²) in [5.41, 5.74) is 2.46. The minimum atomic E-state index is -0.132. The van der Waals surface area contributed by atoms with Gasteiger partial charge in [-0.15, -0.1) is 0 Å². The van der Waals surface area contributed by atoms with Crippen molar-refractivity contribution >= 4 is 32.7 Å². The van der Waals surface area contributed by atoms with Crippen molar-refractivity contribution in [3.05, 3.63) is 58.3 Å². The second-order valence-corrected chi connectivity index (χ2v) is 7.54. The topological polar surface area (TPSA) is 67.0 Å². The standard InChI is InChI=1S/C20H20BrN3O2/c21-15-5-6-17-14(10-15)11-18(24-17)20(25)23-12-13-7-8-22-19(9-13)26-16-3-1-2-4-16/h5-11,16,24H,1-4,12H2,(H,23,25). The number of pyridine rings is 1. The maximum absolute atomic E-state index is 12.4. The van der Waals surface area contributed by atoms with Crippen LogP contribution in [-0.2, 0) is 6.54 Å². The first kappa shape index (κ1) is 17.1. The Kier molecular flexibility index (Phi) is 4.93. The maximum Gasteiger partial charge on any atom is 0.267 e. The van der Waals surface area contributed by atoms with Crippen LogP contribution in [0, 0.1) is 0 Å². The van der Waals surface area contributed by atoms with E-state index < -0.39 is 0 Å². The van der Waals surface area contributed by atoms with E-state index in [2.05, 4.69) is 31.2 Å². The van der Waals surface area contributed by atoms with E-state index in [9.17, 15) is 4.79 Å². The van der Waals surface area contributed by atoms with E-state index in [0.717, 1.165) is 33.8 Å². The largest absolute Gasteiger partial charge is 0.474 e. The number of aromatic amines is 1. The third kappa shape index (κ3) is 3.90. The van der Waals surface area contributed by atoms with Gasteiger partial charge in [-0.25, -0.2) is 4.98 Å². The van der Waals surface area contributed by atoms with Gasteiger partial charge in [-0.2, -0.15) is 0 Å². The summed E-state index contributed by atoms with van der Waals surface area (Å²) in [6.07, 6.45) is 6.64. The minimum absolute atomic E-state index is 0.132. The molecule has 0 atom stereocenters. The van der Waals surface area contributed by atoms with Crippen molar-refractivity contribution in [3.63, 3.8) is 0 Å². The van der Waals surface area contributed by atoms with Gasteiger partial charge in [0.05, 0.1) is 0 Å². The molecule has 1 aliphatic rings. The molecule has 0 spiro atoms. The van der Waals surface area contributed by atoms with Crippen LogP contribution in [0.2, 0.25) is 0 Å². The Morgan fingerprint density at radius 1 is 1.23 bits per heavy atom. The summed E-state index contributed by atoms with van der Waals surface area (Å²) in [4.78, 5) is 19.9. The van der Waals surface area contributed by atoms with Gasteiger partial charge in [0, 0.05) is 34.2 Å². The lowest BCUT2D eigenvalue weighted by Gasteiger charge is -2.12. The summed E-state index contributed by atoms with van der Waals surface area (Å²) in [7, 11) is 0. The molecule has 5 nitrogen and oxygen atoms in total. The van der Waals surface area contributed by atoms with Gasteiger partial charge in [0.15, 0.2) is 0 Å². The molecule has 2 N–H and O–H groups in total. The monoisotopic (exact) mass is 413 g/mol. The molecule has 1 aliphatic carbocycles. The molecule has 2 heterocycles. The average Bonchev–Trinajstić information content (AvgIpc) is 3.29. The number of nitrogens with zero attached hydrogens (tertiary/aromatic N) is 1. The zero-order chi connectivity index (χ0) is 17.9. The number of rotatable bonds is 5. The summed E-state index contributed by atoms with van der Waals surface area (Å²) in [6.45, 7) is 0.432. The third-order valence-electron chi connectivity index (χ3n) is 4.67. The van der Waals surface area contributed by atoms with E-state index in [1.807, 2.05) is 36.4 Å². The molecule has 3 aromatic rings. The van der Waals surface area contributed by atoms with Gasteiger partial charge in [0.2, 0.25) is 5.88 Å². The summed E-state index contributed by atoms with van der Waals surface area (Å²) in [6, 6.07) is 11.5. The van der Waals surface area contributed by atoms with Crippen LogP contribution in [0.4, 0.5) is 0 Å². The van der Waals surface area contributed by atoms with Gasteiger partial charge in [0.25, 0.3) is 5.91 Å². The van der Waals surface area contributed by atoms with Gasteiger partial charge < -0.3 is 15.0 Å². The number of hydrogen-bond donors (Lipinski definition) is 2. The molecule has 26 heavy (non-hydrogen) atoms. The van der Waals surface area contributed by atoms with Crippen LogP contribution in [0.1, 0.15) is 41.7 Å². The molecular weight excluding hydrogens is 394 g/mol. The number of amides is 1. The predicted molar refractivity (Wildman–Crippen MR) is 104 cm³/mol. The number of ether oxygens (including phenoxy) is 1. The van der Waals surface area contributed by atoms with Crippen molar-refractivity contribution in [3.8, 4) is 5.88 Å². The second-order valence-electron chi connectivity index (χ2n) is 6.62. The molecule has 1 amide bonds. The van der Waals surface area contributed by atoms with Crippen LogP contribution in [0.25, 0.3) is 10.9 Å². The minimum Gasteiger partial charge on any atom is -0.474 e. The van der Waals surface area contributed by atoms with Crippen LogP contribution < -0.4 is 10.1 Å². The predicted octanol–water partition coefficient (Wildman–Crippen LogP) is 4.58. The van der Waals surface area contributed by atoms with E-state index in [4.69, 9.17) is 4.74 Å². The third-order valence-corrected chi connectivity index (χ3v) is 5.16. The van der Waals surface area contributed by atoms with Crippen LogP contribution in [-0.4, -0.2) is 22.0 Å². The lowest BCUT2D eigenvalue weighted by atomic mass is 10.2. The number of H-pyrrole nitrogens is 1. The van der Waals surface area contributed by atoms with E-state index in [-0.39, 0.29) is 12.0 Å². The molecule has 0 saturated heterocycles. The van der Waals surface area contributed by atoms with Crippen molar-refractivity contribution in [2.24, 2.45) is 0 Å². The number of hydrogen-bond acceptors (Lipinski definition) is 3. The fraction of sp³-hybridized carbons (Fsp3) is 0.300. The smallest absolute Gasteiger partial charge is 0.267 e. The molecule has 0 unspecified atom stereocenters. The highest BCUT2D eigenvalue weighted by molar-refractivity contribution is 9.10. The summed E-state index contributed by atoms with van der Waals surface area (Å²) >= 11 is 3.45. The van der Waals surface area contributed by atoms with Crippen LogP contribution >= 0.6 is 15.9 Å². The highest BCUT2D eigenvalue weighted by Gasteiger charge is 2.17. The molecule has 4 rings (SSSR count). The number of aromatic nitrogens is 2. The highest BCUT2D eigenvalue weighted by Crippen LogP contribution is 2.23. The average molecular weight is 414 g/mol. The molecule has 2 aromatic heterocycles. The lowest BCUT2D eigenvalue weighted by molar-refractivity contribution is 0.0946. The van der Waals surface area contributed by atoms with E-state index in [1.54, 1.807) is 6.20 Å². The van der Waals surface area contributed by atoms with Gasteiger partial charge >= 0.3 is 0 Å². The van der Waals surface area contributed by atoms with Gasteiger partial charge in [0.1, 0.15) is 11.8 Å². The Bertz CT molecular complexity index is 932. The second kappa shape index (κ2) is 7.50. The number of benzene rings is 1. The van der Waals surface area contributed by atoms with Crippen molar-refractivity contribution in [2.45, 2.75) is 38.3 Å². The first-order valence-electron chi connectivity index (χ1n) is 8.85. The fourth-order valence-electron chi connectivity index (χ4n) is 3.31. The van der Waals surface area contributed by atoms with E-state index in [0.29, 0.717) is 18.1 Å². The van der Waals surface area contributed by atoms with Gasteiger partial charge in [-0.3, -0.25) is 4.79 Å². The van der Waals surface area contributed by atoms with Crippen molar-refractivity contribution in [1.29, 1.82) is 0 Å². The zero-order valence-electron chi connectivity index (χ0n) is 14.3. The first-order chi connectivity index (χ1) is 12.7. The normalized spacial score (nSPS) is 14.7. The molecule has 1 fully saturated rings. The SMILES string of the molecule is O=C(NCc1ccnc(OC2CCCC2)c1)c1cc2cc(Br)ccc2[nH]1. The Hall–Kier alpha value is -2.34. The fourth-order valence-corrected chi connectivity index (χ4v) is 3.68. The van der Waals surface area contributed by atoms with Crippen molar-refractivity contribution < 1.29 is 9.53 Å². The Labute approximate surface area is 160 Å². The molecule has 0 radical (unpaired) electrons. The van der Waals surface area contributed by atoms with E-state index >= 15 is 0 Å². The zero-order valence-corrected chi connectivity index (χ0v) is 15.9. The molecule has 1 saturated carbocycles. The van der Waals surface area contributed by atoms with Crippen LogP contribution in [0.15, 0.2) is 47.1 Å². The Morgan fingerprint density at radius 3 is 2.92 bits per heavy atom. The number of fused-ring (bicyclic) bond motifs is 1.